The van der Waals surface area contributed by atoms with Crippen molar-refractivity contribution in [1.82, 2.24) is 0 Å². The zero-order chi connectivity index (χ0) is 9.56. The second-order valence-corrected chi connectivity index (χ2v) is 4.02. The fraction of sp³-hybridized carbons (Fsp3) is 1.00. The van der Waals surface area contributed by atoms with Gasteiger partial charge in [-0.2, -0.15) is 0 Å². The van der Waals surface area contributed by atoms with E-state index in [1.165, 1.54) is 0 Å². The van der Waals surface area contributed by atoms with Crippen LogP contribution < -0.4 is 11.5 Å². The van der Waals surface area contributed by atoms with Crippen molar-refractivity contribution in [3.8, 4) is 0 Å². The van der Waals surface area contributed by atoms with Crippen LogP contribution in [0.25, 0.3) is 0 Å². The van der Waals surface area contributed by atoms with Crippen LogP contribution in [0.3, 0.4) is 0 Å². The second kappa shape index (κ2) is 11.9. The van der Waals surface area contributed by atoms with Gasteiger partial charge in [-0.3, -0.25) is 0 Å². The summed E-state index contributed by atoms with van der Waals surface area (Å²) in [4.78, 5) is 0. The minimum absolute atomic E-state index is 0. The summed E-state index contributed by atoms with van der Waals surface area (Å²) >= 11 is 6.07. The Labute approximate surface area is 105 Å². The second-order valence-electron chi connectivity index (χ2n) is 3.41. The molecule has 0 aromatic carbocycles. The van der Waals surface area contributed by atoms with Crippen LogP contribution in [0.2, 0.25) is 0 Å². The average molecular weight is 266 g/mol. The van der Waals surface area contributed by atoms with Gasteiger partial charge in [0.15, 0.2) is 0 Å². The standard InChI is InChI=1S/C9H21ClN2.2ClH/c1-3-8(11)5-7(10)6-9(12)4-2;;/h7-9H,3-6,11-12H2,1-2H3;2*1H. The summed E-state index contributed by atoms with van der Waals surface area (Å²) < 4.78 is 0. The Morgan fingerprint density at radius 2 is 1.21 bits per heavy atom. The van der Waals surface area contributed by atoms with E-state index in [1.54, 1.807) is 0 Å². The van der Waals surface area contributed by atoms with E-state index in [0.29, 0.717) is 0 Å². The lowest BCUT2D eigenvalue weighted by Crippen LogP contribution is -2.28. The highest BCUT2D eigenvalue weighted by atomic mass is 35.5. The quantitative estimate of drug-likeness (QED) is 0.726. The highest BCUT2D eigenvalue weighted by molar-refractivity contribution is 6.20. The number of alkyl halides is 1. The maximum Gasteiger partial charge on any atom is 0.0365 e. The number of hydrogen-bond acceptors (Lipinski definition) is 2. The molecule has 5 heteroatoms. The lowest BCUT2D eigenvalue weighted by Gasteiger charge is -2.17. The fourth-order valence-electron chi connectivity index (χ4n) is 1.09. The predicted octanol–water partition coefficient (Wildman–Crippen LogP) is 2.69. The maximum absolute atomic E-state index is 6.07. The van der Waals surface area contributed by atoms with Gasteiger partial charge in [0.25, 0.3) is 0 Å². The van der Waals surface area contributed by atoms with E-state index < -0.39 is 0 Å². The monoisotopic (exact) mass is 264 g/mol. The number of rotatable bonds is 6. The van der Waals surface area contributed by atoms with E-state index in [0.717, 1.165) is 25.7 Å². The molecule has 0 saturated heterocycles. The highest BCUT2D eigenvalue weighted by Crippen LogP contribution is 2.13. The molecule has 0 aliphatic carbocycles. The van der Waals surface area contributed by atoms with Gasteiger partial charge in [-0.25, -0.2) is 0 Å². The number of halogens is 3. The van der Waals surface area contributed by atoms with Crippen molar-refractivity contribution in [2.24, 2.45) is 11.5 Å². The molecule has 4 N–H and O–H groups in total. The number of hydrogen-bond donors (Lipinski definition) is 2. The van der Waals surface area contributed by atoms with Gasteiger partial charge in [0.1, 0.15) is 0 Å². The van der Waals surface area contributed by atoms with Crippen LogP contribution in [0.4, 0.5) is 0 Å². The Bertz CT molecular complexity index is 102. The summed E-state index contributed by atoms with van der Waals surface area (Å²) in [5.41, 5.74) is 11.5. The molecule has 2 unspecified atom stereocenters. The summed E-state index contributed by atoms with van der Waals surface area (Å²) in [5, 5.41) is 0.148. The van der Waals surface area contributed by atoms with Crippen LogP contribution in [0.5, 0.6) is 0 Å². The molecule has 0 radical (unpaired) electrons. The molecular formula is C9H23Cl3N2. The molecule has 0 bridgehead atoms. The van der Waals surface area contributed by atoms with Crippen molar-refractivity contribution < 1.29 is 0 Å². The first kappa shape index (κ1) is 20.2. The van der Waals surface area contributed by atoms with Crippen molar-refractivity contribution in [2.45, 2.75) is 57.0 Å². The van der Waals surface area contributed by atoms with Gasteiger partial charge in [-0.05, 0) is 25.7 Å². The van der Waals surface area contributed by atoms with E-state index in [1.807, 2.05) is 0 Å². The largest absolute Gasteiger partial charge is 0.328 e. The molecular weight excluding hydrogens is 242 g/mol. The van der Waals surface area contributed by atoms with E-state index >= 15 is 0 Å². The van der Waals surface area contributed by atoms with Crippen molar-refractivity contribution >= 4 is 36.4 Å². The first-order valence-corrected chi connectivity index (χ1v) is 5.19. The van der Waals surface area contributed by atoms with Crippen molar-refractivity contribution in [1.29, 1.82) is 0 Å². The van der Waals surface area contributed by atoms with Crippen LogP contribution in [0.15, 0.2) is 0 Å². The molecule has 0 spiro atoms. The Morgan fingerprint density at radius 1 is 0.929 bits per heavy atom. The normalized spacial score (nSPS) is 16.1. The first-order valence-electron chi connectivity index (χ1n) is 4.75. The zero-order valence-corrected chi connectivity index (χ0v) is 11.3. The van der Waals surface area contributed by atoms with Gasteiger partial charge in [0, 0.05) is 17.5 Å². The summed E-state index contributed by atoms with van der Waals surface area (Å²) in [6.07, 6.45) is 3.74. The molecule has 2 nitrogen and oxygen atoms in total. The molecule has 0 heterocycles. The van der Waals surface area contributed by atoms with Gasteiger partial charge in [-0.15, -0.1) is 36.4 Å². The van der Waals surface area contributed by atoms with Gasteiger partial charge in [-0.1, -0.05) is 13.8 Å². The van der Waals surface area contributed by atoms with Crippen LogP contribution in [-0.4, -0.2) is 17.5 Å². The third-order valence-corrected chi connectivity index (χ3v) is 2.52. The maximum atomic E-state index is 6.07. The molecule has 0 aliphatic heterocycles. The molecule has 14 heavy (non-hydrogen) atoms. The van der Waals surface area contributed by atoms with E-state index in [9.17, 15) is 0 Å². The minimum Gasteiger partial charge on any atom is -0.328 e. The molecule has 0 rings (SSSR count). The fourth-order valence-corrected chi connectivity index (χ4v) is 1.54. The molecule has 0 aliphatic rings. The van der Waals surface area contributed by atoms with E-state index in [-0.39, 0.29) is 42.3 Å². The third kappa shape index (κ3) is 10.9. The van der Waals surface area contributed by atoms with Gasteiger partial charge in [0.2, 0.25) is 0 Å². The van der Waals surface area contributed by atoms with Crippen molar-refractivity contribution in [3.05, 3.63) is 0 Å². The lowest BCUT2D eigenvalue weighted by atomic mass is 10.0. The predicted molar refractivity (Wildman–Crippen MR) is 69.9 cm³/mol. The third-order valence-electron chi connectivity index (χ3n) is 2.17. The van der Waals surface area contributed by atoms with Gasteiger partial charge < -0.3 is 11.5 Å². The SMILES string of the molecule is CCC(N)CC(Cl)CC(N)CC.Cl.Cl. The number of nitrogens with two attached hydrogens (primary N) is 2. The summed E-state index contributed by atoms with van der Waals surface area (Å²) in [5.74, 6) is 0. The zero-order valence-electron chi connectivity index (χ0n) is 8.91. The molecule has 2 atom stereocenters. The Hall–Kier alpha value is 0.790. The lowest BCUT2D eigenvalue weighted by molar-refractivity contribution is 0.508. The molecule has 0 fully saturated rings. The van der Waals surface area contributed by atoms with Crippen LogP contribution in [0, 0.1) is 0 Å². The van der Waals surface area contributed by atoms with Gasteiger partial charge in [0.05, 0.1) is 0 Å². The Kier molecular flexibility index (Phi) is 17.1. The van der Waals surface area contributed by atoms with Crippen molar-refractivity contribution in [2.75, 3.05) is 0 Å². The van der Waals surface area contributed by atoms with Crippen LogP contribution in [-0.2, 0) is 0 Å². The average Bonchev–Trinajstić information content (AvgIpc) is 2.03. The van der Waals surface area contributed by atoms with Gasteiger partial charge >= 0.3 is 0 Å². The molecule has 0 amide bonds. The molecule has 0 aromatic rings. The molecule has 0 saturated carbocycles. The van der Waals surface area contributed by atoms with E-state index in [4.69, 9.17) is 23.1 Å². The smallest absolute Gasteiger partial charge is 0.0365 e. The van der Waals surface area contributed by atoms with Crippen LogP contribution >= 0.6 is 36.4 Å². The first-order chi connectivity index (χ1) is 5.60. The summed E-state index contributed by atoms with van der Waals surface area (Å²) in [6, 6.07) is 0.466. The summed E-state index contributed by atoms with van der Waals surface area (Å²) in [6.45, 7) is 4.15. The van der Waals surface area contributed by atoms with Crippen molar-refractivity contribution in [3.63, 3.8) is 0 Å². The minimum atomic E-state index is 0. The Balaban J connectivity index is -0.000000605. The highest BCUT2D eigenvalue weighted by Gasteiger charge is 2.12. The van der Waals surface area contributed by atoms with Crippen LogP contribution in [0.1, 0.15) is 39.5 Å². The molecule has 0 aromatic heterocycles. The Morgan fingerprint density at radius 3 is 1.43 bits per heavy atom. The van der Waals surface area contributed by atoms with E-state index in [2.05, 4.69) is 13.8 Å². The topological polar surface area (TPSA) is 52.0 Å². The molecule has 90 valence electrons. The summed E-state index contributed by atoms with van der Waals surface area (Å²) in [7, 11) is 0.